The first-order valence-electron chi connectivity index (χ1n) is 9.88. The molecule has 32 heavy (non-hydrogen) atoms. The number of amides is 1. The molecule has 1 N–H and O–H groups in total. The summed E-state index contributed by atoms with van der Waals surface area (Å²) in [6, 6.07) is 6.77. The quantitative estimate of drug-likeness (QED) is 0.377. The lowest BCUT2D eigenvalue weighted by Gasteiger charge is -2.14. The predicted octanol–water partition coefficient (Wildman–Crippen LogP) is 4.83. The topological polar surface area (TPSA) is 108 Å². The smallest absolute Gasteiger partial charge is 0.258 e. The minimum Gasteiger partial charge on any atom is -0.493 e. The summed E-state index contributed by atoms with van der Waals surface area (Å²) in [5.74, 6) is 0.323. The molecule has 1 amide bonds. The number of Topliss-reactive ketones (excluding diaryl/α,β-unsaturated/α-hetero) is 1. The SMILES string of the molecule is CCOc1cccc(OCC)c1N=NC(C(C)=O)C(=O)Nc1cc(Cl)c(OC)c(OC)c1. The van der Waals surface area contributed by atoms with Crippen molar-refractivity contribution in [2.45, 2.75) is 26.8 Å². The standard InChI is InChI=1S/C22H26ClN3O6/c1-6-31-16-9-8-10-17(32-7-2)20(16)26-25-19(13(3)27)22(28)24-14-11-15(23)21(30-5)18(12-14)29-4/h8-12,19H,6-7H2,1-5H3,(H,24,28). The highest BCUT2D eigenvalue weighted by atomic mass is 35.5. The van der Waals surface area contributed by atoms with Crippen LogP contribution in [0.5, 0.6) is 23.0 Å². The zero-order valence-electron chi connectivity index (χ0n) is 18.6. The fourth-order valence-corrected chi connectivity index (χ4v) is 3.07. The minimum absolute atomic E-state index is 0.232. The number of ether oxygens (including phenoxy) is 4. The highest BCUT2D eigenvalue weighted by Gasteiger charge is 2.25. The number of anilines is 1. The normalized spacial score (nSPS) is 11.7. The third-order valence-corrected chi connectivity index (χ3v) is 4.45. The number of nitrogens with zero attached hydrogens (tertiary/aromatic N) is 2. The Morgan fingerprint density at radius 2 is 1.66 bits per heavy atom. The van der Waals surface area contributed by atoms with Crippen LogP contribution in [0.2, 0.25) is 5.02 Å². The predicted molar refractivity (Wildman–Crippen MR) is 121 cm³/mol. The van der Waals surface area contributed by atoms with Gasteiger partial charge >= 0.3 is 0 Å². The van der Waals surface area contributed by atoms with Crippen molar-refractivity contribution in [3.8, 4) is 23.0 Å². The van der Waals surface area contributed by atoms with E-state index in [0.29, 0.717) is 47.6 Å². The van der Waals surface area contributed by atoms with Gasteiger partial charge in [-0.2, -0.15) is 5.11 Å². The molecular weight excluding hydrogens is 438 g/mol. The second-order valence-electron chi connectivity index (χ2n) is 6.38. The summed E-state index contributed by atoms with van der Waals surface area (Å²) in [7, 11) is 2.89. The summed E-state index contributed by atoms with van der Waals surface area (Å²) in [4.78, 5) is 25.0. The van der Waals surface area contributed by atoms with Crippen molar-refractivity contribution >= 4 is 34.7 Å². The molecular formula is C22H26ClN3O6. The molecule has 1 atom stereocenters. The number of halogens is 1. The molecule has 0 bridgehead atoms. The number of carbonyl (C=O) groups excluding carboxylic acids is 2. The first kappa shape index (κ1) is 24.9. The molecule has 1 unspecified atom stereocenters. The molecule has 9 nitrogen and oxygen atoms in total. The number of nitrogens with one attached hydrogen (secondary N) is 1. The van der Waals surface area contributed by atoms with E-state index in [4.69, 9.17) is 30.5 Å². The van der Waals surface area contributed by atoms with Crippen LogP contribution in [-0.2, 0) is 9.59 Å². The van der Waals surface area contributed by atoms with Crippen LogP contribution < -0.4 is 24.3 Å². The highest BCUT2D eigenvalue weighted by molar-refractivity contribution is 6.32. The number of carbonyl (C=O) groups is 2. The van der Waals surface area contributed by atoms with Gasteiger partial charge in [-0.3, -0.25) is 9.59 Å². The van der Waals surface area contributed by atoms with E-state index in [1.54, 1.807) is 18.2 Å². The van der Waals surface area contributed by atoms with Crippen LogP contribution in [0.15, 0.2) is 40.6 Å². The highest BCUT2D eigenvalue weighted by Crippen LogP contribution is 2.39. The lowest BCUT2D eigenvalue weighted by Crippen LogP contribution is -2.31. The van der Waals surface area contributed by atoms with E-state index < -0.39 is 17.7 Å². The van der Waals surface area contributed by atoms with Gasteiger partial charge in [-0.1, -0.05) is 17.7 Å². The number of azo groups is 1. The monoisotopic (exact) mass is 463 g/mol. The largest absolute Gasteiger partial charge is 0.493 e. The van der Waals surface area contributed by atoms with Gasteiger partial charge < -0.3 is 24.3 Å². The Morgan fingerprint density at radius 3 is 2.16 bits per heavy atom. The Morgan fingerprint density at radius 1 is 1.03 bits per heavy atom. The number of hydrogen-bond acceptors (Lipinski definition) is 8. The molecule has 0 aliphatic rings. The maximum atomic E-state index is 12.8. The second kappa shape index (κ2) is 11.9. The van der Waals surface area contributed by atoms with Gasteiger partial charge in [-0.25, -0.2) is 0 Å². The van der Waals surface area contributed by atoms with E-state index >= 15 is 0 Å². The van der Waals surface area contributed by atoms with E-state index in [-0.39, 0.29) is 5.02 Å². The average molecular weight is 464 g/mol. The first-order valence-corrected chi connectivity index (χ1v) is 10.3. The van der Waals surface area contributed by atoms with Gasteiger partial charge in [-0.15, -0.1) is 5.11 Å². The maximum absolute atomic E-state index is 12.8. The maximum Gasteiger partial charge on any atom is 0.258 e. The van der Waals surface area contributed by atoms with Crippen molar-refractivity contribution in [1.29, 1.82) is 0 Å². The number of methoxy groups -OCH3 is 2. The van der Waals surface area contributed by atoms with E-state index in [1.807, 2.05) is 13.8 Å². The molecule has 0 aliphatic carbocycles. The van der Waals surface area contributed by atoms with Gasteiger partial charge in [0.1, 0.15) is 0 Å². The number of hydrogen-bond donors (Lipinski definition) is 1. The number of benzene rings is 2. The van der Waals surface area contributed by atoms with Gasteiger partial charge in [0.2, 0.25) is 6.04 Å². The zero-order chi connectivity index (χ0) is 23.7. The van der Waals surface area contributed by atoms with Crippen LogP contribution >= 0.6 is 11.6 Å². The van der Waals surface area contributed by atoms with Gasteiger partial charge in [0, 0.05) is 11.8 Å². The molecule has 2 aromatic rings. The lowest BCUT2D eigenvalue weighted by atomic mass is 10.2. The Labute approximate surface area is 191 Å². The number of rotatable bonds is 11. The van der Waals surface area contributed by atoms with E-state index in [0.717, 1.165) is 0 Å². The van der Waals surface area contributed by atoms with E-state index in [9.17, 15) is 9.59 Å². The molecule has 0 fully saturated rings. The molecule has 0 saturated carbocycles. The van der Waals surface area contributed by atoms with Crippen LogP contribution in [0.1, 0.15) is 20.8 Å². The third kappa shape index (κ3) is 6.10. The molecule has 2 rings (SSSR count). The molecule has 2 aromatic carbocycles. The summed E-state index contributed by atoms with van der Waals surface area (Å²) in [5, 5.41) is 11.0. The van der Waals surface area contributed by atoms with Gasteiger partial charge in [0.25, 0.3) is 5.91 Å². The summed E-state index contributed by atoms with van der Waals surface area (Å²) < 4.78 is 21.6. The average Bonchev–Trinajstić information content (AvgIpc) is 2.75. The second-order valence-corrected chi connectivity index (χ2v) is 6.79. The Kier molecular flexibility index (Phi) is 9.27. The minimum atomic E-state index is -1.40. The van der Waals surface area contributed by atoms with Gasteiger partial charge in [-0.05, 0) is 39.0 Å². The Hall–Kier alpha value is -3.33. The van der Waals surface area contributed by atoms with Crippen LogP contribution in [-0.4, -0.2) is 45.2 Å². The van der Waals surface area contributed by atoms with E-state index in [2.05, 4.69) is 15.5 Å². The molecule has 0 aromatic heterocycles. The molecule has 0 spiro atoms. The summed E-state index contributed by atoms with van der Waals surface area (Å²) >= 11 is 6.18. The molecule has 0 radical (unpaired) electrons. The number of ketones is 1. The Bertz CT molecular complexity index is 972. The van der Waals surface area contributed by atoms with Crippen molar-refractivity contribution in [3.63, 3.8) is 0 Å². The van der Waals surface area contributed by atoms with Crippen LogP contribution in [0.4, 0.5) is 11.4 Å². The van der Waals surface area contributed by atoms with Gasteiger partial charge in [0.15, 0.2) is 34.5 Å². The fraction of sp³-hybridized carbons (Fsp3) is 0.364. The first-order chi connectivity index (χ1) is 15.4. The third-order valence-electron chi connectivity index (χ3n) is 4.17. The van der Waals surface area contributed by atoms with Gasteiger partial charge in [0.05, 0.1) is 32.5 Å². The van der Waals surface area contributed by atoms with Crippen molar-refractivity contribution < 1.29 is 28.5 Å². The van der Waals surface area contributed by atoms with Crippen molar-refractivity contribution in [2.24, 2.45) is 10.2 Å². The van der Waals surface area contributed by atoms with E-state index in [1.165, 1.54) is 33.3 Å². The van der Waals surface area contributed by atoms with Crippen molar-refractivity contribution in [2.75, 3.05) is 32.8 Å². The molecule has 0 heterocycles. The summed E-state index contributed by atoms with van der Waals surface area (Å²) in [6.07, 6.45) is 0. The summed E-state index contributed by atoms with van der Waals surface area (Å²) in [5.41, 5.74) is 0.605. The molecule has 10 heteroatoms. The zero-order valence-corrected chi connectivity index (χ0v) is 19.4. The summed E-state index contributed by atoms with van der Waals surface area (Å²) in [6.45, 7) is 5.70. The molecule has 172 valence electrons. The van der Waals surface area contributed by atoms with Crippen molar-refractivity contribution in [3.05, 3.63) is 35.4 Å². The lowest BCUT2D eigenvalue weighted by molar-refractivity contribution is -0.126. The molecule has 0 saturated heterocycles. The van der Waals surface area contributed by atoms with Crippen molar-refractivity contribution in [1.82, 2.24) is 0 Å². The van der Waals surface area contributed by atoms with Crippen LogP contribution in [0.25, 0.3) is 0 Å². The Balaban J connectivity index is 2.34. The van der Waals surface area contributed by atoms with Crippen LogP contribution in [0, 0.1) is 0 Å². The fourth-order valence-electron chi connectivity index (χ4n) is 2.78. The molecule has 0 aliphatic heterocycles. The van der Waals surface area contributed by atoms with Crippen LogP contribution in [0.3, 0.4) is 0 Å².